The van der Waals surface area contributed by atoms with E-state index < -0.39 is 0 Å². The maximum atomic E-state index is 3.99. The third kappa shape index (κ3) is 1.85. The maximum Gasteiger partial charge on any atom is 0.146 e. The molecule has 0 radical (unpaired) electrons. The Hall–Kier alpha value is -1.38. The lowest BCUT2D eigenvalue weighted by Crippen LogP contribution is -1.89. The molecule has 1 aromatic heterocycles. The van der Waals surface area contributed by atoms with Gasteiger partial charge in [0.15, 0.2) is 0 Å². The molecule has 10 heavy (non-hydrogen) atoms. The van der Waals surface area contributed by atoms with Crippen LogP contribution in [0.2, 0.25) is 0 Å². The third-order valence-corrected chi connectivity index (χ3v) is 0.973. The lowest BCUT2D eigenvalue weighted by Gasteiger charge is -1.94. The molecule has 0 aromatic carbocycles. The summed E-state index contributed by atoms with van der Waals surface area (Å²) in [6.07, 6.45) is 3.39. The van der Waals surface area contributed by atoms with Gasteiger partial charge in [-0.25, -0.2) is 4.98 Å². The van der Waals surface area contributed by atoms with Gasteiger partial charge in [-0.05, 0) is 19.1 Å². The molecule has 0 unspecified atom stereocenters. The molecule has 0 fully saturated rings. The van der Waals surface area contributed by atoms with Crippen LogP contribution in [0.1, 0.15) is 6.92 Å². The number of nitrogens with zero attached hydrogens (tertiary/aromatic N) is 2. The molecule has 0 aliphatic carbocycles. The van der Waals surface area contributed by atoms with Gasteiger partial charge in [0.05, 0.1) is 0 Å². The second kappa shape index (κ2) is 3.61. The van der Waals surface area contributed by atoms with E-state index in [0.717, 1.165) is 5.82 Å². The number of hydrogen-bond acceptors (Lipinski definition) is 3. The molecule has 52 valence electrons. The third-order valence-electron chi connectivity index (χ3n) is 0.973. The minimum absolute atomic E-state index is 0.764. The van der Waals surface area contributed by atoms with E-state index >= 15 is 0 Å². The summed E-state index contributed by atoms with van der Waals surface area (Å²) in [6, 6.07) is 5.62. The standard InChI is InChI=1S/C7H9N3/c1-2-9-10-7-5-3-4-6-8-7/h2-6H,1H3,(H,8,10)/b9-2+. The Morgan fingerprint density at radius 2 is 2.50 bits per heavy atom. The van der Waals surface area contributed by atoms with Gasteiger partial charge >= 0.3 is 0 Å². The van der Waals surface area contributed by atoms with Gasteiger partial charge in [0.2, 0.25) is 0 Å². The van der Waals surface area contributed by atoms with Crippen molar-refractivity contribution in [2.75, 3.05) is 5.43 Å². The molecule has 0 spiro atoms. The Morgan fingerprint density at radius 1 is 1.60 bits per heavy atom. The highest BCUT2D eigenvalue weighted by Gasteiger charge is 1.83. The summed E-state index contributed by atoms with van der Waals surface area (Å²) in [7, 11) is 0. The van der Waals surface area contributed by atoms with Crippen LogP contribution in [0, 0.1) is 0 Å². The van der Waals surface area contributed by atoms with Crippen molar-refractivity contribution in [1.29, 1.82) is 0 Å². The van der Waals surface area contributed by atoms with E-state index in [1.54, 1.807) is 12.4 Å². The lowest BCUT2D eigenvalue weighted by molar-refractivity contribution is 1.23. The fourth-order valence-electron chi connectivity index (χ4n) is 0.560. The lowest BCUT2D eigenvalue weighted by atomic mass is 10.5. The Bertz CT molecular complexity index is 205. The van der Waals surface area contributed by atoms with Crippen LogP contribution in [0.5, 0.6) is 0 Å². The average Bonchev–Trinajstić information content (AvgIpc) is 2.03. The molecule has 0 aliphatic rings. The van der Waals surface area contributed by atoms with Gasteiger partial charge in [-0.3, -0.25) is 5.43 Å². The smallest absolute Gasteiger partial charge is 0.146 e. The van der Waals surface area contributed by atoms with Crippen molar-refractivity contribution in [2.45, 2.75) is 6.92 Å². The van der Waals surface area contributed by atoms with Crippen LogP contribution in [-0.2, 0) is 0 Å². The number of anilines is 1. The second-order valence-corrected chi connectivity index (χ2v) is 1.71. The molecule has 3 heteroatoms. The van der Waals surface area contributed by atoms with Crippen LogP contribution in [-0.4, -0.2) is 11.2 Å². The fraction of sp³-hybridized carbons (Fsp3) is 0.143. The number of nitrogens with one attached hydrogen (secondary N) is 1. The second-order valence-electron chi connectivity index (χ2n) is 1.71. The molecule has 1 heterocycles. The van der Waals surface area contributed by atoms with Crippen LogP contribution in [0.25, 0.3) is 0 Å². The molecule has 0 atom stereocenters. The van der Waals surface area contributed by atoms with E-state index in [-0.39, 0.29) is 0 Å². The average molecular weight is 135 g/mol. The largest absolute Gasteiger partial charge is 0.262 e. The summed E-state index contributed by atoms with van der Waals surface area (Å²) in [4.78, 5) is 3.99. The number of rotatable bonds is 2. The molecule has 1 N–H and O–H groups in total. The zero-order valence-corrected chi connectivity index (χ0v) is 5.78. The van der Waals surface area contributed by atoms with Crippen molar-refractivity contribution in [2.24, 2.45) is 5.10 Å². The van der Waals surface area contributed by atoms with Crippen molar-refractivity contribution >= 4 is 12.0 Å². The van der Waals surface area contributed by atoms with Crippen LogP contribution in [0.4, 0.5) is 5.82 Å². The van der Waals surface area contributed by atoms with Crippen molar-refractivity contribution in [3.63, 3.8) is 0 Å². The predicted molar refractivity (Wildman–Crippen MR) is 42.0 cm³/mol. The summed E-state index contributed by atoms with van der Waals surface area (Å²) in [5, 5.41) is 3.80. The summed E-state index contributed by atoms with van der Waals surface area (Å²) in [5.41, 5.74) is 2.75. The van der Waals surface area contributed by atoms with Crippen LogP contribution in [0.3, 0.4) is 0 Å². The Kier molecular flexibility index (Phi) is 2.43. The first-order chi connectivity index (χ1) is 4.93. The molecule has 0 bridgehead atoms. The van der Waals surface area contributed by atoms with E-state index in [1.165, 1.54) is 0 Å². The van der Waals surface area contributed by atoms with Gasteiger partial charge in [-0.15, -0.1) is 0 Å². The molecule has 1 aromatic rings. The highest BCUT2D eigenvalue weighted by atomic mass is 15.3. The predicted octanol–water partition coefficient (Wildman–Crippen LogP) is 1.50. The van der Waals surface area contributed by atoms with Crippen molar-refractivity contribution in [3.8, 4) is 0 Å². The van der Waals surface area contributed by atoms with E-state index in [2.05, 4.69) is 15.5 Å². The van der Waals surface area contributed by atoms with E-state index in [0.29, 0.717) is 0 Å². The molecular weight excluding hydrogens is 126 g/mol. The quantitative estimate of drug-likeness (QED) is 0.493. The molecule has 3 nitrogen and oxygen atoms in total. The van der Waals surface area contributed by atoms with Crippen LogP contribution >= 0.6 is 0 Å². The summed E-state index contributed by atoms with van der Waals surface area (Å²) >= 11 is 0. The SMILES string of the molecule is C/C=N/Nc1ccccn1. The number of hydrogen-bond donors (Lipinski definition) is 1. The van der Waals surface area contributed by atoms with Gasteiger partial charge in [0.1, 0.15) is 5.82 Å². The monoisotopic (exact) mass is 135 g/mol. The minimum Gasteiger partial charge on any atom is -0.262 e. The fourth-order valence-corrected chi connectivity index (χ4v) is 0.560. The molecule has 0 saturated heterocycles. The molecular formula is C7H9N3. The first-order valence-electron chi connectivity index (χ1n) is 3.08. The Labute approximate surface area is 59.8 Å². The number of hydrazone groups is 1. The Balaban J connectivity index is 2.59. The van der Waals surface area contributed by atoms with Gasteiger partial charge in [-0.1, -0.05) is 6.07 Å². The Morgan fingerprint density at radius 3 is 3.10 bits per heavy atom. The molecule has 0 amide bonds. The van der Waals surface area contributed by atoms with E-state index in [4.69, 9.17) is 0 Å². The number of pyridine rings is 1. The topological polar surface area (TPSA) is 37.3 Å². The van der Waals surface area contributed by atoms with Gasteiger partial charge in [0, 0.05) is 12.4 Å². The van der Waals surface area contributed by atoms with Crippen LogP contribution in [0.15, 0.2) is 29.5 Å². The highest BCUT2D eigenvalue weighted by Crippen LogP contribution is 1.97. The van der Waals surface area contributed by atoms with Gasteiger partial charge in [-0.2, -0.15) is 5.10 Å². The van der Waals surface area contributed by atoms with Crippen molar-refractivity contribution in [3.05, 3.63) is 24.4 Å². The van der Waals surface area contributed by atoms with E-state index in [1.807, 2.05) is 25.1 Å². The van der Waals surface area contributed by atoms with Crippen molar-refractivity contribution in [1.82, 2.24) is 4.98 Å². The zero-order chi connectivity index (χ0) is 7.23. The normalized spacial score (nSPS) is 10.1. The van der Waals surface area contributed by atoms with Gasteiger partial charge < -0.3 is 0 Å². The molecule has 0 aliphatic heterocycles. The minimum atomic E-state index is 0.764. The number of aromatic nitrogens is 1. The maximum absolute atomic E-state index is 3.99. The highest BCUT2D eigenvalue weighted by molar-refractivity contribution is 5.55. The molecule has 0 saturated carbocycles. The van der Waals surface area contributed by atoms with Crippen molar-refractivity contribution < 1.29 is 0 Å². The summed E-state index contributed by atoms with van der Waals surface area (Å²) in [5.74, 6) is 0.764. The van der Waals surface area contributed by atoms with Gasteiger partial charge in [0.25, 0.3) is 0 Å². The zero-order valence-electron chi connectivity index (χ0n) is 5.78. The first-order valence-corrected chi connectivity index (χ1v) is 3.08. The summed E-state index contributed by atoms with van der Waals surface area (Å²) in [6.45, 7) is 1.84. The molecule has 1 rings (SSSR count). The summed E-state index contributed by atoms with van der Waals surface area (Å²) < 4.78 is 0. The van der Waals surface area contributed by atoms with E-state index in [9.17, 15) is 0 Å². The first kappa shape index (κ1) is 6.74. The van der Waals surface area contributed by atoms with Crippen LogP contribution < -0.4 is 5.43 Å².